The van der Waals surface area contributed by atoms with Gasteiger partial charge in [0.15, 0.2) is 0 Å². The van der Waals surface area contributed by atoms with Crippen LogP contribution in [0.1, 0.15) is 31.4 Å². The first-order valence-corrected chi connectivity index (χ1v) is 6.88. The van der Waals surface area contributed by atoms with Gasteiger partial charge in [0.05, 0.1) is 6.04 Å². The van der Waals surface area contributed by atoms with Crippen molar-refractivity contribution in [2.45, 2.75) is 25.8 Å². The van der Waals surface area contributed by atoms with Gasteiger partial charge < -0.3 is 15.5 Å². The van der Waals surface area contributed by atoms with Gasteiger partial charge in [-0.3, -0.25) is 0 Å². The lowest BCUT2D eigenvalue weighted by molar-refractivity contribution is 0.232. The predicted octanol–water partition coefficient (Wildman–Crippen LogP) is 2.39. The van der Waals surface area contributed by atoms with E-state index in [0.717, 1.165) is 19.4 Å². The van der Waals surface area contributed by atoms with Crippen molar-refractivity contribution < 1.29 is 4.79 Å². The first-order valence-electron chi connectivity index (χ1n) is 6.88. The van der Waals surface area contributed by atoms with E-state index in [1.807, 2.05) is 32.3 Å². The van der Waals surface area contributed by atoms with Gasteiger partial charge in [-0.2, -0.15) is 0 Å². The van der Waals surface area contributed by atoms with Crippen molar-refractivity contribution in [2.75, 3.05) is 27.2 Å². The third-order valence-electron chi connectivity index (χ3n) is 3.08. The van der Waals surface area contributed by atoms with E-state index in [-0.39, 0.29) is 12.1 Å². The first kappa shape index (κ1) is 15.5. The number of nitrogens with zero attached hydrogens (tertiary/aromatic N) is 1. The van der Waals surface area contributed by atoms with Crippen molar-refractivity contribution in [1.29, 1.82) is 0 Å². The number of likely N-dealkylation sites (N-methyl/N-ethyl adjacent to an activating group) is 1. The van der Waals surface area contributed by atoms with Crippen LogP contribution in [0.4, 0.5) is 4.79 Å². The lowest BCUT2D eigenvalue weighted by atomic mass is 10.1. The molecule has 19 heavy (non-hydrogen) atoms. The third-order valence-corrected chi connectivity index (χ3v) is 3.08. The van der Waals surface area contributed by atoms with E-state index >= 15 is 0 Å². The highest BCUT2D eigenvalue weighted by Gasteiger charge is 2.14. The topological polar surface area (TPSA) is 44.4 Å². The summed E-state index contributed by atoms with van der Waals surface area (Å²) in [4.78, 5) is 13.7. The van der Waals surface area contributed by atoms with Crippen molar-refractivity contribution in [2.24, 2.45) is 0 Å². The molecule has 1 aromatic rings. The molecule has 0 fully saturated rings. The van der Waals surface area contributed by atoms with Gasteiger partial charge in [0.2, 0.25) is 0 Å². The van der Waals surface area contributed by atoms with E-state index in [9.17, 15) is 4.79 Å². The molecule has 0 aliphatic heterocycles. The molecule has 106 valence electrons. The maximum absolute atomic E-state index is 11.6. The first-order chi connectivity index (χ1) is 9.15. The van der Waals surface area contributed by atoms with Gasteiger partial charge in [-0.1, -0.05) is 43.7 Å². The number of carbonyl (C=O) groups excluding carboxylic acids is 1. The Morgan fingerprint density at radius 1 is 1.21 bits per heavy atom. The van der Waals surface area contributed by atoms with Gasteiger partial charge in [0, 0.05) is 13.1 Å². The monoisotopic (exact) mass is 263 g/mol. The largest absolute Gasteiger partial charge is 0.338 e. The highest BCUT2D eigenvalue weighted by Crippen LogP contribution is 2.16. The van der Waals surface area contributed by atoms with Crippen molar-refractivity contribution >= 4 is 6.03 Å². The Kier molecular flexibility index (Phi) is 6.97. The number of carbonyl (C=O) groups is 1. The van der Waals surface area contributed by atoms with Gasteiger partial charge in [0.25, 0.3) is 0 Å². The Balaban J connectivity index is 2.45. The van der Waals surface area contributed by atoms with Crippen LogP contribution in [0.5, 0.6) is 0 Å². The molecule has 0 spiro atoms. The van der Waals surface area contributed by atoms with Crippen LogP contribution in [0.3, 0.4) is 0 Å². The fourth-order valence-electron chi connectivity index (χ4n) is 1.90. The van der Waals surface area contributed by atoms with Gasteiger partial charge in [-0.15, -0.1) is 0 Å². The summed E-state index contributed by atoms with van der Waals surface area (Å²) in [6.07, 6.45) is 2.10. The second-order valence-corrected chi connectivity index (χ2v) is 4.88. The zero-order valence-corrected chi connectivity index (χ0v) is 12.1. The van der Waals surface area contributed by atoms with Crippen LogP contribution in [0.15, 0.2) is 30.3 Å². The average Bonchev–Trinajstić information content (AvgIpc) is 2.40. The maximum atomic E-state index is 11.6. The second-order valence-electron chi connectivity index (χ2n) is 4.88. The molecule has 1 unspecified atom stereocenters. The van der Waals surface area contributed by atoms with Crippen molar-refractivity contribution in [3.63, 3.8) is 0 Å². The van der Waals surface area contributed by atoms with Gasteiger partial charge in [-0.05, 0) is 26.1 Å². The average molecular weight is 263 g/mol. The standard InChI is InChI=1S/C15H25N3O/c1-4-5-11-16-15(19)17-12-14(18(2)3)13-9-7-6-8-10-13/h6-10,14H,4-5,11-12H2,1-3H3,(H2,16,17,19). The number of unbranched alkanes of at least 4 members (excludes halogenated alkanes) is 1. The summed E-state index contributed by atoms with van der Waals surface area (Å²) in [6.45, 7) is 3.45. The zero-order chi connectivity index (χ0) is 14.1. The molecule has 0 radical (unpaired) electrons. The zero-order valence-electron chi connectivity index (χ0n) is 12.1. The molecule has 1 aromatic carbocycles. The number of rotatable bonds is 7. The normalized spacial score (nSPS) is 12.2. The fourth-order valence-corrected chi connectivity index (χ4v) is 1.90. The summed E-state index contributed by atoms with van der Waals surface area (Å²) in [7, 11) is 4.04. The van der Waals surface area contributed by atoms with Crippen molar-refractivity contribution in [3.05, 3.63) is 35.9 Å². The van der Waals surface area contributed by atoms with Crippen molar-refractivity contribution in [1.82, 2.24) is 15.5 Å². The van der Waals surface area contributed by atoms with Crippen LogP contribution >= 0.6 is 0 Å². The van der Waals surface area contributed by atoms with Gasteiger partial charge in [-0.25, -0.2) is 4.79 Å². The molecule has 0 aliphatic rings. The highest BCUT2D eigenvalue weighted by molar-refractivity contribution is 5.73. The van der Waals surface area contributed by atoms with E-state index in [4.69, 9.17) is 0 Å². The molecular weight excluding hydrogens is 238 g/mol. The fraction of sp³-hybridized carbons (Fsp3) is 0.533. The SMILES string of the molecule is CCCCNC(=O)NCC(c1ccccc1)N(C)C. The van der Waals surface area contributed by atoms with Crippen LogP contribution in [-0.2, 0) is 0 Å². The molecule has 1 rings (SSSR count). The Morgan fingerprint density at radius 2 is 1.89 bits per heavy atom. The number of benzene rings is 1. The summed E-state index contributed by atoms with van der Waals surface area (Å²) < 4.78 is 0. The van der Waals surface area contributed by atoms with Crippen LogP contribution in [0, 0.1) is 0 Å². The summed E-state index contributed by atoms with van der Waals surface area (Å²) in [5.74, 6) is 0. The number of hydrogen-bond donors (Lipinski definition) is 2. The van der Waals surface area contributed by atoms with Crippen molar-refractivity contribution in [3.8, 4) is 0 Å². The minimum Gasteiger partial charge on any atom is -0.338 e. The van der Waals surface area contributed by atoms with E-state index < -0.39 is 0 Å². The quantitative estimate of drug-likeness (QED) is 0.742. The number of nitrogens with one attached hydrogen (secondary N) is 2. The summed E-state index contributed by atoms with van der Waals surface area (Å²) >= 11 is 0. The molecule has 0 bridgehead atoms. The molecule has 4 heteroatoms. The van der Waals surface area contributed by atoms with E-state index in [1.165, 1.54) is 5.56 Å². The predicted molar refractivity (Wildman–Crippen MR) is 79.2 cm³/mol. The van der Waals surface area contributed by atoms with Crippen LogP contribution in [0.25, 0.3) is 0 Å². The maximum Gasteiger partial charge on any atom is 0.314 e. The van der Waals surface area contributed by atoms with Crippen LogP contribution in [0.2, 0.25) is 0 Å². The van der Waals surface area contributed by atoms with E-state index in [0.29, 0.717) is 6.54 Å². The highest BCUT2D eigenvalue weighted by atomic mass is 16.2. The van der Waals surface area contributed by atoms with E-state index in [1.54, 1.807) is 0 Å². The Bertz CT molecular complexity index is 365. The lowest BCUT2D eigenvalue weighted by Gasteiger charge is -2.25. The van der Waals surface area contributed by atoms with Crippen LogP contribution < -0.4 is 10.6 Å². The number of urea groups is 1. The Labute approximate surface area is 116 Å². The smallest absolute Gasteiger partial charge is 0.314 e. The number of hydrogen-bond acceptors (Lipinski definition) is 2. The lowest BCUT2D eigenvalue weighted by Crippen LogP contribution is -2.40. The van der Waals surface area contributed by atoms with Gasteiger partial charge in [0.1, 0.15) is 0 Å². The van der Waals surface area contributed by atoms with Gasteiger partial charge >= 0.3 is 6.03 Å². The Morgan fingerprint density at radius 3 is 2.47 bits per heavy atom. The number of amides is 2. The van der Waals surface area contributed by atoms with Crippen LogP contribution in [-0.4, -0.2) is 38.1 Å². The second kappa shape index (κ2) is 8.53. The molecule has 0 heterocycles. The van der Waals surface area contributed by atoms with E-state index in [2.05, 4.69) is 34.6 Å². The molecule has 2 N–H and O–H groups in total. The molecule has 0 aromatic heterocycles. The molecular formula is C15H25N3O. The molecule has 0 aliphatic carbocycles. The summed E-state index contributed by atoms with van der Waals surface area (Å²) in [5, 5.41) is 5.79. The molecule has 0 saturated heterocycles. The Hall–Kier alpha value is -1.55. The minimum absolute atomic E-state index is 0.0868. The summed E-state index contributed by atoms with van der Waals surface area (Å²) in [6, 6.07) is 10.3. The third kappa shape index (κ3) is 5.75. The molecule has 1 atom stereocenters. The molecule has 0 saturated carbocycles. The molecule has 4 nitrogen and oxygen atoms in total. The molecule has 2 amide bonds. The summed E-state index contributed by atoms with van der Waals surface area (Å²) in [5.41, 5.74) is 1.21. The minimum atomic E-state index is -0.0868.